The highest BCUT2D eigenvalue weighted by molar-refractivity contribution is 6.24. The normalized spacial score (nSPS) is 20.8. The molecule has 2 aromatic rings. The van der Waals surface area contributed by atoms with Gasteiger partial charge in [-0.25, -0.2) is 4.79 Å². The molecule has 0 saturated carbocycles. The number of carbonyl (C=O) groups is 2. The molecule has 0 radical (unpaired) electrons. The van der Waals surface area contributed by atoms with Crippen molar-refractivity contribution in [1.82, 2.24) is 5.32 Å². The maximum Gasteiger partial charge on any atom is 0.341 e. The second-order valence-corrected chi connectivity index (χ2v) is 6.29. The van der Waals surface area contributed by atoms with Crippen LogP contribution in [0, 0.1) is 0 Å². The SMILES string of the molecule is O=C1OC(Cl)(NC(Cc2ccccc2)C(=O)O)Cc2ccccc21. The van der Waals surface area contributed by atoms with Crippen LogP contribution in [0.15, 0.2) is 54.6 Å². The molecule has 2 unspecified atom stereocenters. The third-order valence-corrected chi connectivity index (χ3v) is 4.20. The number of hydrogen-bond acceptors (Lipinski definition) is 4. The highest BCUT2D eigenvalue weighted by Crippen LogP contribution is 2.30. The van der Waals surface area contributed by atoms with Crippen LogP contribution in [0.5, 0.6) is 0 Å². The lowest BCUT2D eigenvalue weighted by atomic mass is 10.00. The van der Waals surface area contributed by atoms with Gasteiger partial charge in [0.05, 0.1) is 5.56 Å². The Morgan fingerprint density at radius 1 is 1.21 bits per heavy atom. The van der Waals surface area contributed by atoms with Gasteiger partial charge in [-0.2, -0.15) is 0 Å². The topological polar surface area (TPSA) is 75.6 Å². The Hall–Kier alpha value is -2.37. The van der Waals surface area contributed by atoms with Gasteiger partial charge < -0.3 is 9.84 Å². The van der Waals surface area contributed by atoms with Crippen LogP contribution in [0.3, 0.4) is 0 Å². The molecule has 6 heteroatoms. The number of fused-ring (bicyclic) bond motifs is 1. The van der Waals surface area contributed by atoms with E-state index in [-0.39, 0.29) is 12.8 Å². The summed E-state index contributed by atoms with van der Waals surface area (Å²) in [7, 11) is 0. The summed E-state index contributed by atoms with van der Waals surface area (Å²) < 4.78 is 5.27. The van der Waals surface area contributed by atoms with E-state index in [9.17, 15) is 14.7 Å². The minimum atomic E-state index is -1.58. The number of aliphatic carboxylic acids is 1. The van der Waals surface area contributed by atoms with Crippen molar-refractivity contribution in [2.45, 2.75) is 24.1 Å². The van der Waals surface area contributed by atoms with Crippen molar-refractivity contribution in [3.63, 3.8) is 0 Å². The van der Waals surface area contributed by atoms with Gasteiger partial charge in [0.15, 0.2) is 0 Å². The van der Waals surface area contributed by atoms with Crippen LogP contribution in [0.2, 0.25) is 0 Å². The molecule has 3 rings (SSSR count). The minimum Gasteiger partial charge on any atom is -0.480 e. The van der Waals surface area contributed by atoms with Gasteiger partial charge >= 0.3 is 11.9 Å². The average Bonchev–Trinajstić information content (AvgIpc) is 2.55. The first kappa shape index (κ1) is 16.5. The zero-order valence-electron chi connectivity index (χ0n) is 12.7. The standard InChI is InChI=1S/C18H16ClNO4/c19-18(11-13-8-4-5-9-14(13)17(23)24-18)20-15(16(21)22)10-12-6-2-1-3-7-12/h1-9,15,20H,10-11H2,(H,21,22). The van der Waals surface area contributed by atoms with Gasteiger partial charge in [0.25, 0.3) is 0 Å². The number of benzene rings is 2. The summed E-state index contributed by atoms with van der Waals surface area (Å²) >= 11 is 6.39. The number of alkyl halides is 1. The van der Waals surface area contributed by atoms with Crippen LogP contribution >= 0.6 is 11.6 Å². The lowest BCUT2D eigenvalue weighted by molar-refractivity contribution is -0.141. The Labute approximate surface area is 144 Å². The number of halogens is 1. The maximum atomic E-state index is 12.1. The molecule has 5 nitrogen and oxygen atoms in total. The summed E-state index contributed by atoms with van der Waals surface area (Å²) in [5.74, 6) is -1.63. The van der Waals surface area contributed by atoms with Crippen molar-refractivity contribution in [2.75, 3.05) is 0 Å². The van der Waals surface area contributed by atoms with E-state index in [2.05, 4.69) is 5.32 Å². The summed E-state index contributed by atoms with van der Waals surface area (Å²) in [6.45, 7) is 0. The van der Waals surface area contributed by atoms with Crippen molar-refractivity contribution < 1.29 is 19.4 Å². The third-order valence-electron chi connectivity index (χ3n) is 3.88. The molecule has 1 aliphatic heterocycles. The molecule has 0 aromatic heterocycles. The highest BCUT2D eigenvalue weighted by Gasteiger charge is 2.41. The smallest absolute Gasteiger partial charge is 0.341 e. The number of cyclic esters (lactones) is 1. The first-order chi connectivity index (χ1) is 11.5. The Balaban J connectivity index is 1.80. The van der Waals surface area contributed by atoms with E-state index in [1.54, 1.807) is 24.3 Å². The number of ether oxygens (including phenoxy) is 1. The molecule has 2 N–H and O–H groups in total. The lowest BCUT2D eigenvalue weighted by Crippen LogP contribution is -2.55. The van der Waals surface area contributed by atoms with Gasteiger partial charge in [0.2, 0.25) is 5.18 Å². The van der Waals surface area contributed by atoms with Gasteiger partial charge in [-0.3, -0.25) is 10.1 Å². The molecule has 0 spiro atoms. The van der Waals surface area contributed by atoms with Gasteiger partial charge in [0, 0.05) is 6.42 Å². The van der Waals surface area contributed by atoms with E-state index < -0.39 is 23.2 Å². The van der Waals surface area contributed by atoms with Crippen LogP contribution in [-0.2, 0) is 22.4 Å². The van der Waals surface area contributed by atoms with E-state index in [4.69, 9.17) is 16.3 Å². The van der Waals surface area contributed by atoms with Crippen molar-refractivity contribution in [1.29, 1.82) is 0 Å². The third kappa shape index (κ3) is 3.58. The Kier molecular flexibility index (Phi) is 4.55. The first-order valence-electron chi connectivity index (χ1n) is 7.51. The second kappa shape index (κ2) is 6.63. The van der Waals surface area contributed by atoms with E-state index in [0.717, 1.165) is 11.1 Å². The van der Waals surface area contributed by atoms with E-state index >= 15 is 0 Å². The molecule has 0 amide bonds. The Bertz CT molecular complexity index is 765. The number of carboxylic acids is 1. The second-order valence-electron chi connectivity index (χ2n) is 5.68. The Morgan fingerprint density at radius 3 is 2.58 bits per heavy atom. The van der Waals surface area contributed by atoms with Gasteiger partial charge in [0.1, 0.15) is 6.04 Å². The largest absolute Gasteiger partial charge is 0.480 e. The molecular formula is C18H16ClNO4. The highest BCUT2D eigenvalue weighted by atomic mass is 35.5. The number of esters is 1. The zero-order valence-corrected chi connectivity index (χ0v) is 13.5. The number of nitrogens with one attached hydrogen (secondary N) is 1. The van der Waals surface area contributed by atoms with Gasteiger partial charge in [-0.1, -0.05) is 60.1 Å². The molecule has 0 fully saturated rings. The predicted molar refractivity (Wildman–Crippen MR) is 88.9 cm³/mol. The van der Waals surface area contributed by atoms with Gasteiger partial charge in [-0.05, 0) is 23.6 Å². The van der Waals surface area contributed by atoms with E-state index in [1.165, 1.54) is 0 Å². The molecule has 24 heavy (non-hydrogen) atoms. The summed E-state index contributed by atoms with van der Waals surface area (Å²) in [6.07, 6.45) is 0.416. The molecule has 124 valence electrons. The summed E-state index contributed by atoms with van der Waals surface area (Å²) in [6, 6.07) is 15.2. The molecular weight excluding hydrogens is 330 g/mol. The van der Waals surface area contributed by atoms with Crippen molar-refractivity contribution in [2.24, 2.45) is 0 Å². The molecule has 0 bridgehead atoms. The fourth-order valence-electron chi connectivity index (χ4n) is 2.75. The summed E-state index contributed by atoms with van der Waals surface area (Å²) in [5, 5.41) is 10.7. The minimum absolute atomic E-state index is 0.190. The van der Waals surface area contributed by atoms with Crippen LogP contribution in [0.25, 0.3) is 0 Å². The molecule has 1 heterocycles. The molecule has 0 aliphatic carbocycles. The van der Waals surface area contributed by atoms with Crippen LogP contribution in [-0.4, -0.2) is 28.3 Å². The van der Waals surface area contributed by atoms with E-state index in [0.29, 0.717) is 5.56 Å². The van der Waals surface area contributed by atoms with Crippen LogP contribution in [0.1, 0.15) is 21.5 Å². The van der Waals surface area contributed by atoms with Crippen molar-refractivity contribution in [3.05, 3.63) is 71.3 Å². The summed E-state index contributed by atoms with van der Waals surface area (Å²) in [5.41, 5.74) is 2.02. The number of hydrogen-bond donors (Lipinski definition) is 2. The molecule has 2 atom stereocenters. The fraction of sp³-hybridized carbons (Fsp3) is 0.222. The van der Waals surface area contributed by atoms with Crippen molar-refractivity contribution in [3.8, 4) is 0 Å². The van der Waals surface area contributed by atoms with Crippen molar-refractivity contribution >= 4 is 23.5 Å². The number of rotatable bonds is 5. The van der Waals surface area contributed by atoms with E-state index in [1.807, 2.05) is 30.3 Å². The molecule has 1 aliphatic rings. The van der Waals surface area contributed by atoms with Gasteiger partial charge in [-0.15, -0.1) is 0 Å². The fourth-order valence-corrected chi connectivity index (χ4v) is 3.09. The number of carboxylic acid groups (broad SMARTS) is 1. The predicted octanol–water partition coefficient (Wildman–Crippen LogP) is 2.58. The lowest BCUT2D eigenvalue weighted by Gasteiger charge is -2.34. The zero-order chi connectivity index (χ0) is 17.2. The quantitative estimate of drug-likeness (QED) is 0.495. The monoisotopic (exact) mass is 345 g/mol. The molecule has 2 aromatic carbocycles. The average molecular weight is 346 g/mol. The number of carbonyl (C=O) groups excluding carboxylic acids is 1. The maximum absolute atomic E-state index is 12.1. The molecule has 0 saturated heterocycles. The summed E-state index contributed by atoms with van der Waals surface area (Å²) in [4.78, 5) is 23.7. The Morgan fingerprint density at radius 2 is 1.88 bits per heavy atom. The van der Waals surface area contributed by atoms with Crippen LogP contribution in [0.4, 0.5) is 0 Å². The first-order valence-corrected chi connectivity index (χ1v) is 7.89. The van der Waals surface area contributed by atoms with Crippen LogP contribution < -0.4 is 5.32 Å².